The summed E-state index contributed by atoms with van der Waals surface area (Å²) in [4.78, 5) is 13.3. The molecule has 0 bridgehead atoms. The number of hydrogen-bond acceptors (Lipinski definition) is 5. The summed E-state index contributed by atoms with van der Waals surface area (Å²) >= 11 is 6.07. The fourth-order valence-electron chi connectivity index (χ4n) is 3.40. The molecule has 0 aromatic heterocycles. The molecule has 2 N–H and O–H groups in total. The second-order valence-corrected chi connectivity index (χ2v) is 9.71. The molecule has 180 valence electrons. The van der Waals surface area contributed by atoms with Crippen LogP contribution in [0.5, 0.6) is 11.5 Å². The van der Waals surface area contributed by atoms with Crippen LogP contribution in [0.3, 0.4) is 0 Å². The first-order valence-corrected chi connectivity index (χ1v) is 12.5. The van der Waals surface area contributed by atoms with Gasteiger partial charge in [-0.05, 0) is 67.8 Å². The highest BCUT2D eigenvalue weighted by Crippen LogP contribution is 2.28. The maximum absolute atomic E-state index is 13.3. The van der Waals surface area contributed by atoms with Gasteiger partial charge in [0.15, 0.2) is 0 Å². The molecule has 1 amide bonds. The zero-order valence-electron chi connectivity index (χ0n) is 19.2. The van der Waals surface area contributed by atoms with E-state index in [0.717, 1.165) is 5.56 Å². The first kappa shape index (κ1) is 25.6. The molecule has 34 heavy (non-hydrogen) atoms. The predicted molar refractivity (Wildman–Crippen MR) is 133 cm³/mol. The molecule has 0 saturated carbocycles. The molecule has 0 radical (unpaired) electrons. The van der Waals surface area contributed by atoms with E-state index in [4.69, 9.17) is 21.1 Å². The Morgan fingerprint density at radius 1 is 1.03 bits per heavy atom. The largest absolute Gasteiger partial charge is 0.495 e. The lowest BCUT2D eigenvalue weighted by atomic mass is 10.1. The van der Waals surface area contributed by atoms with Crippen LogP contribution in [0.4, 0.5) is 5.69 Å². The number of benzene rings is 3. The van der Waals surface area contributed by atoms with Crippen molar-refractivity contribution in [3.63, 3.8) is 0 Å². The minimum absolute atomic E-state index is 0.0413. The van der Waals surface area contributed by atoms with E-state index >= 15 is 0 Å². The molecule has 0 aliphatic rings. The molecule has 0 aliphatic carbocycles. The highest BCUT2D eigenvalue weighted by molar-refractivity contribution is 7.89. The zero-order valence-corrected chi connectivity index (χ0v) is 20.7. The predicted octanol–water partition coefficient (Wildman–Crippen LogP) is 4.58. The minimum atomic E-state index is -4.02. The second-order valence-electron chi connectivity index (χ2n) is 7.56. The molecule has 0 unspecified atom stereocenters. The molecule has 3 rings (SSSR count). The summed E-state index contributed by atoms with van der Waals surface area (Å²) in [5.74, 6) is 0.463. The summed E-state index contributed by atoms with van der Waals surface area (Å²) in [6.45, 7) is 4.09. The van der Waals surface area contributed by atoms with Crippen LogP contribution >= 0.6 is 11.6 Å². The van der Waals surface area contributed by atoms with Crippen LogP contribution in [0, 0.1) is 6.92 Å². The standard InChI is InChI=1S/C25H27ClN2O5S/c1-4-33-23-13-11-20(14-17(23)2)34(30,31)28-22(15-18-8-6-5-7-9-18)25(29)27-21-16-19(26)10-12-24(21)32-3/h5-14,16,22,28H,4,15H2,1-3H3,(H,27,29)/t22-/m0/s1. The van der Waals surface area contributed by atoms with Crippen molar-refractivity contribution < 1.29 is 22.7 Å². The van der Waals surface area contributed by atoms with E-state index in [9.17, 15) is 13.2 Å². The Balaban J connectivity index is 1.90. The van der Waals surface area contributed by atoms with E-state index < -0.39 is 22.0 Å². The van der Waals surface area contributed by atoms with Crippen molar-refractivity contribution in [1.82, 2.24) is 4.72 Å². The van der Waals surface area contributed by atoms with Crippen LogP contribution in [-0.4, -0.2) is 34.1 Å². The average Bonchev–Trinajstić information content (AvgIpc) is 2.80. The van der Waals surface area contributed by atoms with Gasteiger partial charge in [0.25, 0.3) is 0 Å². The van der Waals surface area contributed by atoms with Gasteiger partial charge < -0.3 is 14.8 Å². The normalized spacial score (nSPS) is 12.1. The molecule has 0 heterocycles. The molecule has 9 heteroatoms. The van der Waals surface area contributed by atoms with Crippen molar-refractivity contribution >= 4 is 33.2 Å². The van der Waals surface area contributed by atoms with E-state index in [1.165, 1.54) is 19.2 Å². The van der Waals surface area contributed by atoms with Crippen molar-refractivity contribution in [1.29, 1.82) is 0 Å². The molecule has 1 atom stereocenters. The van der Waals surface area contributed by atoms with Crippen molar-refractivity contribution in [2.24, 2.45) is 0 Å². The van der Waals surface area contributed by atoms with E-state index in [-0.39, 0.29) is 11.3 Å². The summed E-state index contributed by atoms with van der Waals surface area (Å²) in [5.41, 5.74) is 1.82. The zero-order chi connectivity index (χ0) is 24.7. The molecular weight excluding hydrogens is 476 g/mol. The van der Waals surface area contributed by atoms with E-state index in [1.54, 1.807) is 31.2 Å². The molecule has 3 aromatic rings. The number of aryl methyl sites for hydroxylation is 1. The fraction of sp³-hybridized carbons (Fsp3) is 0.240. The lowest BCUT2D eigenvalue weighted by Crippen LogP contribution is -2.45. The molecular formula is C25H27ClN2O5S. The van der Waals surface area contributed by atoms with Crippen LogP contribution in [0.25, 0.3) is 0 Å². The minimum Gasteiger partial charge on any atom is -0.495 e. The molecule has 7 nitrogen and oxygen atoms in total. The highest BCUT2D eigenvalue weighted by atomic mass is 35.5. The summed E-state index contributed by atoms with van der Waals surface area (Å²) in [6.07, 6.45) is 0.144. The third kappa shape index (κ3) is 6.50. The van der Waals surface area contributed by atoms with Crippen LogP contribution < -0.4 is 19.5 Å². The molecule has 0 aliphatic heterocycles. The van der Waals surface area contributed by atoms with Gasteiger partial charge in [0.05, 0.1) is 24.3 Å². The van der Waals surface area contributed by atoms with Crippen molar-refractivity contribution in [3.8, 4) is 11.5 Å². The number of carbonyl (C=O) groups excluding carboxylic acids is 1. The average molecular weight is 503 g/mol. The van der Waals surface area contributed by atoms with Gasteiger partial charge in [0.2, 0.25) is 15.9 Å². The van der Waals surface area contributed by atoms with E-state index in [2.05, 4.69) is 10.0 Å². The quantitative estimate of drug-likeness (QED) is 0.423. The number of halogens is 1. The van der Waals surface area contributed by atoms with Crippen LogP contribution in [0.2, 0.25) is 5.02 Å². The lowest BCUT2D eigenvalue weighted by molar-refractivity contribution is -0.117. The van der Waals surface area contributed by atoms with Crippen molar-refractivity contribution in [2.45, 2.75) is 31.2 Å². The van der Waals surface area contributed by atoms with Gasteiger partial charge in [-0.3, -0.25) is 4.79 Å². The Labute approximate surface area is 205 Å². The molecule has 3 aromatic carbocycles. The summed E-state index contributed by atoms with van der Waals surface area (Å²) in [7, 11) is -2.55. The van der Waals surface area contributed by atoms with Gasteiger partial charge in [0, 0.05) is 5.02 Å². The van der Waals surface area contributed by atoms with Gasteiger partial charge in [-0.2, -0.15) is 4.72 Å². The Kier molecular flexibility index (Phi) is 8.55. The molecule has 0 spiro atoms. The maximum Gasteiger partial charge on any atom is 0.243 e. The number of rotatable bonds is 10. The third-order valence-corrected chi connectivity index (χ3v) is 6.78. The first-order chi connectivity index (χ1) is 16.2. The lowest BCUT2D eigenvalue weighted by Gasteiger charge is -2.20. The smallest absolute Gasteiger partial charge is 0.243 e. The maximum atomic E-state index is 13.3. The Morgan fingerprint density at radius 3 is 2.38 bits per heavy atom. The summed E-state index contributed by atoms with van der Waals surface area (Å²) in [6, 6.07) is 17.5. The highest BCUT2D eigenvalue weighted by Gasteiger charge is 2.27. The van der Waals surface area contributed by atoms with Crippen LogP contribution in [0.15, 0.2) is 71.6 Å². The number of sulfonamides is 1. The molecule has 0 saturated heterocycles. The van der Waals surface area contributed by atoms with Gasteiger partial charge in [-0.1, -0.05) is 41.9 Å². The van der Waals surface area contributed by atoms with E-state index in [0.29, 0.717) is 34.4 Å². The third-order valence-electron chi connectivity index (χ3n) is 5.07. The number of hydrogen-bond donors (Lipinski definition) is 2. The number of methoxy groups -OCH3 is 1. The van der Waals surface area contributed by atoms with E-state index in [1.807, 2.05) is 37.3 Å². The number of amides is 1. The first-order valence-electron chi connectivity index (χ1n) is 10.7. The topological polar surface area (TPSA) is 93.7 Å². The summed E-state index contributed by atoms with van der Waals surface area (Å²) in [5, 5.41) is 3.14. The van der Waals surface area contributed by atoms with Crippen LogP contribution in [-0.2, 0) is 21.2 Å². The van der Waals surface area contributed by atoms with Gasteiger partial charge in [0.1, 0.15) is 17.5 Å². The Morgan fingerprint density at radius 2 is 1.74 bits per heavy atom. The Bertz CT molecular complexity index is 1250. The second kappa shape index (κ2) is 11.4. The van der Waals surface area contributed by atoms with Gasteiger partial charge >= 0.3 is 0 Å². The van der Waals surface area contributed by atoms with Gasteiger partial charge in [-0.25, -0.2) is 8.42 Å². The number of ether oxygens (including phenoxy) is 2. The SMILES string of the molecule is CCOc1ccc(S(=O)(=O)N[C@@H](Cc2ccccc2)C(=O)Nc2cc(Cl)ccc2OC)cc1C. The van der Waals surface area contributed by atoms with Crippen molar-refractivity contribution in [3.05, 3.63) is 82.9 Å². The number of nitrogens with one attached hydrogen (secondary N) is 2. The van der Waals surface area contributed by atoms with Crippen LogP contribution in [0.1, 0.15) is 18.1 Å². The molecule has 0 fully saturated rings. The monoisotopic (exact) mass is 502 g/mol. The van der Waals surface area contributed by atoms with Gasteiger partial charge in [-0.15, -0.1) is 0 Å². The summed E-state index contributed by atoms with van der Waals surface area (Å²) < 4.78 is 39.8. The number of anilines is 1. The number of carbonyl (C=O) groups is 1. The van der Waals surface area contributed by atoms with Crippen molar-refractivity contribution in [2.75, 3.05) is 19.0 Å². The Hall–Kier alpha value is -3.07. The fourth-order valence-corrected chi connectivity index (χ4v) is 4.85.